The first kappa shape index (κ1) is 18.9. The van der Waals surface area contributed by atoms with Crippen molar-refractivity contribution in [2.24, 2.45) is 0 Å². The van der Waals surface area contributed by atoms with Gasteiger partial charge in [-0.2, -0.15) is 0 Å². The van der Waals surface area contributed by atoms with E-state index in [0.717, 1.165) is 47.8 Å². The zero-order valence-corrected chi connectivity index (χ0v) is 19.0. The van der Waals surface area contributed by atoms with E-state index in [4.69, 9.17) is 26.3 Å². The molecule has 0 unspecified atom stereocenters. The Balaban J connectivity index is 1.63. The molecule has 0 amide bonds. The van der Waals surface area contributed by atoms with E-state index in [9.17, 15) is 0 Å². The van der Waals surface area contributed by atoms with Crippen molar-refractivity contribution in [3.8, 4) is 5.75 Å². The predicted molar refractivity (Wildman–Crippen MR) is 125 cm³/mol. The van der Waals surface area contributed by atoms with Gasteiger partial charge < -0.3 is 9.30 Å². The maximum atomic E-state index is 5.95. The van der Waals surface area contributed by atoms with E-state index in [1.807, 2.05) is 54.6 Å². The van der Waals surface area contributed by atoms with Crippen LogP contribution in [0.25, 0.3) is 33.1 Å². The fourth-order valence-electron chi connectivity index (χ4n) is 3.49. The number of rotatable bonds is 4. The van der Waals surface area contributed by atoms with E-state index in [1.165, 1.54) is 0 Å². The smallest absolute Gasteiger partial charge is 0.160 e. The van der Waals surface area contributed by atoms with Crippen molar-refractivity contribution in [1.29, 1.82) is 0 Å². The van der Waals surface area contributed by atoms with Gasteiger partial charge in [-0.15, -0.1) is 0 Å². The Morgan fingerprint density at radius 1 is 0.931 bits per heavy atom. The second-order valence-corrected chi connectivity index (χ2v) is 8.83. The molecule has 2 aromatic heterocycles. The fourth-order valence-corrected chi connectivity index (χ4v) is 5.05. The van der Waals surface area contributed by atoms with Crippen molar-refractivity contribution in [2.75, 3.05) is 6.61 Å². The second kappa shape index (κ2) is 7.59. The summed E-state index contributed by atoms with van der Waals surface area (Å²) >= 11 is 13.3. The lowest BCUT2D eigenvalue weighted by molar-refractivity contribution is 0.302. The first-order chi connectivity index (χ1) is 14.1. The minimum absolute atomic E-state index is 0.498. The number of aromatic nitrogens is 3. The minimum atomic E-state index is 0.498. The van der Waals surface area contributed by atoms with E-state index in [1.54, 1.807) is 0 Å². The number of ether oxygens (including phenoxy) is 1. The van der Waals surface area contributed by atoms with Crippen molar-refractivity contribution in [2.45, 2.75) is 6.54 Å². The molecule has 0 atom stereocenters. The summed E-state index contributed by atoms with van der Waals surface area (Å²) in [6.07, 6.45) is 0. The van der Waals surface area contributed by atoms with Gasteiger partial charge in [0.1, 0.15) is 17.9 Å². The lowest BCUT2D eigenvalue weighted by Crippen LogP contribution is -2.09. The summed E-state index contributed by atoms with van der Waals surface area (Å²) in [5.74, 6) is 0.786. The molecule has 29 heavy (non-hydrogen) atoms. The van der Waals surface area contributed by atoms with E-state index in [-0.39, 0.29) is 0 Å². The molecule has 0 N–H and O–H groups in total. The summed E-state index contributed by atoms with van der Waals surface area (Å²) in [5, 5.41) is 1.74. The molecule has 0 aliphatic rings. The highest BCUT2D eigenvalue weighted by Gasteiger charge is 2.17. The van der Waals surface area contributed by atoms with Gasteiger partial charge in [0, 0.05) is 19.4 Å². The molecule has 7 heteroatoms. The van der Waals surface area contributed by atoms with Crippen LogP contribution in [0.4, 0.5) is 0 Å². The number of halogens is 3. The van der Waals surface area contributed by atoms with Gasteiger partial charge in [0.15, 0.2) is 5.65 Å². The third kappa shape index (κ3) is 3.50. The molecular formula is C22H14Br2ClN3O. The van der Waals surface area contributed by atoms with E-state index in [2.05, 4.69) is 42.5 Å². The Hall–Kier alpha value is -2.15. The molecule has 0 fully saturated rings. The number of hydrogen-bond acceptors (Lipinski definition) is 3. The zero-order chi connectivity index (χ0) is 20.0. The molecule has 5 aromatic rings. The summed E-state index contributed by atoms with van der Waals surface area (Å²) < 4.78 is 10.1. The molecule has 144 valence electrons. The average Bonchev–Trinajstić information content (AvgIpc) is 3.01. The molecule has 0 spiro atoms. The van der Waals surface area contributed by atoms with Gasteiger partial charge in [-0.25, -0.2) is 9.97 Å². The normalized spacial score (nSPS) is 11.6. The Morgan fingerprint density at radius 3 is 2.41 bits per heavy atom. The molecule has 0 aliphatic heterocycles. The van der Waals surface area contributed by atoms with Crippen molar-refractivity contribution in [3.05, 3.63) is 74.6 Å². The van der Waals surface area contributed by atoms with Crippen LogP contribution in [0.3, 0.4) is 0 Å². The van der Waals surface area contributed by atoms with Crippen LogP contribution in [-0.2, 0) is 6.54 Å². The molecule has 5 rings (SSSR count). The molecule has 3 aromatic carbocycles. The van der Waals surface area contributed by atoms with Crippen LogP contribution in [0, 0.1) is 0 Å². The number of para-hydroxylation sites is 2. The van der Waals surface area contributed by atoms with Gasteiger partial charge in [-0.05, 0) is 64.5 Å². The van der Waals surface area contributed by atoms with E-state index >= 15 is 0 Å². The van der Waals surface area contributed by atoms with Gasteiger partial charge in [0.05, 0.1) is 23.1 Å². The highest BCUT2D eigenvalue weighted by molar-refractivity contribution is 9.11. The van der Waals surface area contributed by atoms with Gasteiger partial charge in [0.25, 0.3) is 0 Å². The third-order valence-corrected chi connectivity index (χ3v) is 6.07. The summed E-state index contributed by atoms with van der Waals surface area (Å²) in [6, 6.07) is 19.4. The van der Waals surface area contributed by atoms with E-state index < -0.39 is 0 Å². The Labute approximate surface area is 188 Å². The lowest BCUT2D eigenvalue weighted by Gasteiger charge is -2.10. The summed E-state index contributed by atoms with van der Waals surface area (Å²) in [4.78, 5) is 9.82. The van der Waals surface area contributed by atoms with Crippen molar-refractivity contribution >= 4 is 76.6 Å². The summed E-state index contributed by atoms with van der Waals surface area (Å²) in [7, 11) is 0. The van der Waals surface area contributed by atoms with Crippen molar-refractivity contribution in [3.63, 3.8) is 0 Å². The van der Waals surface area contributed by atoms with Crippen molar-refractivity contribution in [1.82, 2.24) is 14.5 Å². The number of hydrogen-bond donors (Lipinski definition) is 0. The van der Waals surface area contributed by atoms with Gasteiger partial charge in [0.2, 0.25) is 0 Å². The van der Waals surface area contributed by atoms with Crippen LogP contribution in [0.2, 0.25) is 5.02 Å². The van der Waals surface area contributed by atoms with Crippen molar-refractivity contribution < 1.29 is 4.74 Å². The molecule has 0 bridgehead atoms. The highest BCUT2D eigenvalue weighted by Crippen LogP contribution is 2.35. The third-order valence-electron chi connectivity index (χ3n) is 4.76. The van der Waals surface area contributed by atoms with Crippen LogP contribution in [0.1, 0.15) is 0 Å². The molecule has 0 aliphatic carbocycles. The van der Waals surface area contributed by atoms with Crippen LogP contribution in [0.5, 0.6) is 5.75 Å². The van der Waals surface area contributed by atoms with Gasteiger partial charge in [-0.1, -0.05) is 39.7 Å². The quantitative estimate of drug-likeness (QED) is 0.251. The molecule has 0 radical (unpaired) electrons. The number of fused-ring (bicyclic) bond motifs is 4. The number of benzene rings is 3. The molecular weight excluding hydrogens is 518 g/mol. The van der Waals surface area contributed by atoms with Crippen LogP contribution < -0.4 is 4.74 Å². The Bertz CT molecular complexity index is 1370. The minimum Gasteiger partial charge on any atom is -0.492 e. The first-order valence-corrected chi connectivity index (χ1v) is 11.0. The lowest BCUT2D eigenvalue weighted by atomic mass is 10.2. The second-order valence-electron chi connectivity index (χ2n) is 6.62. The monoisotopic (exact) mass is 529 g/mol. The first-order valence-electron chi connectivity index (χ1n) is 9.02. The topological polar surface area (TPSA) is 39.9 Å². The predicted octanol–water partition coefficient (Wildman–Crippen LogP) is 7.00. The molecule has 0 saturated heterocycles. The molecule has 0 saturated carbocycles. The Kier molecular flexibility index (Phi) is 4.94. The Morgan fingerprint density at radius 2 is 1.66 bits per heavy atom. The highest BCUT2D eigenvalue weighted by atomic mass is 79.9. The largest absolute Gasteiger partial charge is 0.492 e. The average molecular weight is 532 g/mol. The fraction of sp³-hybridized carbons (Fsp3) is 0.0909. The standard InChI is InChI=1S/C22H14Br2ClN3O/c23-13-11-16-20-22(27-19-4-2-1-3-18(19)26-20)28(21(16)17(24)12-13)9-10-29-15-7-5-14(25)6-8-15/h1-8,11-12H,9-10H2. The maximum Gasteiger partial charge on any atom is 0.160 e. The van der Waals surface area contributed by atoms with E-state index in [0.29, 0.717) is 18.2 Å². The molecule has 4 nitrogen and oxygen atoms in total. The van der Waals surface area contributed by atoms with Gasteiger partial charge >= 0.3 is 0 Å². The maximum absolute atomic E-state index is 5.95. The number of nitrogens with zero attached hydrogens (tertiary/aromatic N) is 3. The van der Waals surface area contributed by atoms with Gasteiger partial charge in [-0.3, -0.25) is 0 Å². The molecule has 2 heterocycles. The zero-order valence-electron chi connectivity index (χ0n) is 15.1. The summed E-state index contributed by atoms with van der Waals surface area (Å²) in [5.41, 5.74) is 4.54. The SMILES string of the molecule is Clc1ccc(OCCn2c3nc4ccccc4nc3c3cc(Br)cc(Br)c32)cc1. The van der Waals surface area contributed by atoms with Crippen LogP contribution in [0.15, 0.2) is 69.6 Å². The van der Waals surface area contributed by atoms with Crippen LogP contribution >= 0.6 is 43.5 Å². The summed E-state index contributed by atoms with van der Waals surface area (Å²) in [6.45, 7) is 1.13. The van der Waals surface area contributed by atoms with Crippen LogP contribution in [-0.4, -0.2) is 21.1 Å².